The number of aryl methyl sites for hydroxylation is 2. The van der Waals surface area contributed by atoms with E-state index in [-0.39, 0.29) is 0 Å². The van der Waals surface area contributed by atoms with Gasteiger partial charge in [-0.1, -0.05) is 26.3 Å². The van der Waals surface area contributed by atoms with Crippen LogP contribution in [0.2, 0.25) is 0 Å². The number of carboxylic acids is 1. The van der Waals surface area contributed by atoms with Crippen molar-refractivity contribution < 1.29 is 14.6 Å². The van der Waals surface area contributed by atoms with Crippen LogP contribution in [0.15, 0.2) is 36.4 Å². The Hall–Kier alpha value is -3.00. The molecule has 0 aliphatic heterocycles. The summed E-state index contributed by atoms with van der Waals surface area (Å²) in [5, 5.41) is 22.1. The van der Waals surface area contributed by atoms with Gasteiger partial charge in [0.1, 0.15) is 5.75 Å². The summed E-state index contributed by atoms with van der Waals surface area (Å²) in [6.45, 7) is 4.83. The van der Waals surface area contributed by atoms with Crippen molar-refractivity contribution >= 4 is 11.7 Å². The lowest BCUT2D eigenvalue weighted by molar-refractivity contribution is -0.138. The summed E-state index contributed by atoms with van der Waals surface area (Å²) >= 11 is 0. The first-order valence-electron chi connectivity index (χ1n) is 10.3. The van der Waals surface area contributed by atoms with Crippen molar-refractivity contribution in [1.82, 2.24) is 0 Å². The topological polar surface area (TPSA) is 82.4 Å². The summed E-state index contributed by atoms with van der Waals surface area (Å²) in [5.74, 6) is 0.337. The van der Waals surface area contributed by atoms with Gasteiger partial charge in [-0.15, -0.1) is 0 Å². The van der Waals surface area contributed by atoms with Crippen LogP contribution in [0.25, 0.3) is 0 Å². The van der Waals surface area contributed by atoms with Crippen LogP contribution in [0.1, 0.15) is 61.4 Å². The minimum atomic E-state index is -0.957. The molecule has 1 saturated carbocycles. The van der Waals surface area contributed by atoms with Crippen LogP contribution >= 0.6 is 0 Å². The van der Waals surface area contributed by atoms with Crippen LogP contribution in [-0.2, 0) is 17.6 Å². The lowest BCUT2D eigenvalue weighted by Gasteiger charge is -2.23. The van der Waals surface area contributed by atoms with Gasteiger partial charge in [0.25, 0.3) is 0 Å². The predicted molar refractivity (Wildman–Crippen MR) is 113 cm³/mol. The van der Waals surface area contributed by atoms with Crippen molar-refractivity contribution in [2.45, 2.75) is 52.0 Å². The Morgan fingerprint density at radius 1 is 1.28 bits per heavy atom. The normalized spacial score (nSPS) is 14.1. The molecule has 5 nitrogen and oxygen atoms in total. The number of carbonyl (C=O) groups is 1. The molecule has 0 radical (unpaired) electrons. The summed E-state index contributed by atoms with van der Waals surface area (Å²) in [6.07, 6.45) is 5.00. The second-order valence-electron chi connectivity index (χ2n) is 7.64. The molecule has 152 valence electrons. The fourth-order valence-corrected chi connectivity index (χ4v) is 3.40. The van der Waals surface area contributed by atoms with Gasteiger partial charge in [-0.3, -0.25) is 0 Å². The Bertz CT molecular complexity index is 896. The molecule has 0 heterocycles. The number of hydrogen-bond donors (Lipinski definition) is 2. The summed E-state index contributed by atoms with van der Waals surface area (Å²) in [4.78, 5) is 12.2. The smallest absolute Gasteiger partial charge is 0.330 e. The molecule has 2 aromatic rings. The van der Waals surface area contributed by atoms with Crippen molar-refractivity contribution in [3.8, 4) is 11.8 Å². The van der Waals surface area contributed by atoms with Crippen molar-refractivity contribution in [3.05, 3.63) is 58.7 Å². The van der Waals surface area contributed by atoms with Gasteiger partial charge in [0.15, 0.2) is 6.04 Å². The van der Waals surface area contributed by atoms with Crippen LogP contribution in [0.3, 0.4) is 0 Å². The summed E-state index contributed by atoms with van der Waals surface area (Å²) in [7, 11) is 0. The van der Waals surface area contributed by atoms with E-state index in [1.807, 2.05) is 6.07 Å². The minimum Gasteiger partial charge on any atom is -0.493 e. The number of nitrogens with zero attached hydrogens (tertiary/aromatic N) is 1. The van der Waals surface area contributed by atoms with E-state index >= 15 is 0 Å². The third kappa shape index (κ3) is 5.29. The van der Waals surface area contributed by atoms with Crippen molar-refractivity contribution in [2.24, 2.45) is 5.92 Å². The highest BCUT2D eigenvalue weighted by molar-refractivity contribution is 5.81. The van der Waals surface area contributed by atoms with Crippen molar-refractivity contribution in [1.29, 1.82) is 5.26 Å². The SMILES string of the molecule is CCCc1cc(CC)cc([C@@H](Nc2ccc(C#N)cc2)C(=O)O)c1OCC1CC1. The van der Waals surface area contributed by atoms with E-state index in [0.717, 1.165) is 30.4 Å². The summed E-state index contributed by atoms with van der Waals surface area (Å²) in [5.41, 5.74) is 4.05. The van der Waals surface area contributed by atoms with Gasteiger partial charge in [0.2, 0.25) is 0 Å². The maximum atomic E-state index is 12.2. The molecule has 3 rings (SSSR count). The van der Waals surface area contributed by atoms with Gasteiger partial charge in [-0.2, -0.15) is 5.26 Å². The van der Waals surface area contributed by atoms with Crippen LogP contribution < -0.4 is 10.1 Å². The molecule has 2 aromatic carbocycles. The molecule has 0 amide bonds. The fraction of sp³-hybridized carbons (Fsp3) is 0.417. The number of rotatable bonds is 10. The largest absolute Gasteiger partial charge is 0.493 e. The second-order valence-corrected chi connectivity index (χ2v) is 7.64. The molecular weight excluding hydrogens is 364 g/mol. The lowest BCUT2D eigenvalue weighted by Crippen LogP contribution is -2.22. The van der Waals surface area contributed by atoms with E-state index in [0.29, 0.717) is 35.1 Å². The Kier molecular flexibility index (Phi) is 6.77. The van der Waals surface area contributed by atoms with Gasteiger partial charge in [0.05, 0.1) is 18.2 Å². The third-order valence-electron chi connectivity index (χ3n) is 5.23. The summed E-state index contributed by atoms with van der Waals surface area (Å²) < 4.78 is 6.20. The van der Waals surface area contributed by atoms with Gasteiger partial charge in [-0.25, -0.2) is 4.79 Å². The quantitative estimate of drug-likeness (QED) is 0.588. The molecule has 29 heavy (non-hydrogen) atoms. The van der Waals surface area contributed by atoms with Gasteiger partial charge in [-0.05, 0) is 73.1 Å². The highest BCUT2D eigenvalue weighted by Crippen LogP contribution is 2.37. The average molecular weight is 392 g/mol. The molecule has 1 atom stereocenters. The van der Waals surface area contributed by atoms with Gasteiger partial charge in [0, 0.05) is 11.3 Å². The number of carboxylic acid groups (broad SMARTS) is 1. The second kappa shape index (κ2) is 9.47. The van der Waals surface area contributed by atoms with Gasteiger partial charge >= 0.3 is 5.97 Å². The first-order chi connectivity index (χ1) is 14.0. The molecule has 5 heteroatoms. The number of nitrogens with one attached hydrogen (secondary N) is 1. The van der Waals surface area contributed by atoms with E-state index in [2.05, 4.69) is 31.3 Å². The zero-order valence-corrected chi connectivity index (χ0v) is 17.1. The maximum absolute atomic E-state index is 12.2. The van der Waals surface area contributed by atoms with Crippen LogP contribution in [-0.4, -0.2) is 17.7 Å². The molecule has 0 spiro atoms. The number of benzene rings is 2. The molecule has 1 fully saturated rings. The van der Waals surface area contributed by atoms with Crippen LogP contribution in [0.4, 0.5) is 5.69 Å². The number of aliphatic carboxylic acids is 1. The van der Waals surface area contributed by atoms with Gasteiger partial charge < -0.3 is 15.2 Å². The molecule has 1 aliphatic carbocycles. The van der Waals surface area contributed by atoms with E-state index in [4.69, 9.17) is 10.00 Å². The fourth-order valence-electron chi connectivity index (χ4n) is 3.40. The van der Waals surface area contributed by atoms with Crippen LogP contribution in [0.5, 0.6) is 5.75 Å². The zero-order chi connectivity index (χ0) is 20.8. The highest BCUT2D eigenvalue weighted by atomic mass is 16.5. The Morgan fingerprint density at radius 2 is 2.00 bits per heavy atom. The number of nitriles is 1. The van der Waals surface area contributed by atoms with Crippen LogP contribution in [0, 0.1) is 17.2 Å². The standard InChI is InChI=1S/C24H28N2O3/c1-3-5-19-12-16(4-2)13-21(23(19)29-15-18-6-7-18)22(24(27)28)26-20-10-8-17(14-25)9-11-20/h8-13,18,22,26H,3-7,15H2,1-2H3,(H,27,28)/t22-/m1/s1. The highest BCUT2D eigenvalue weighted by Gasteiger charge is 2.28. The monoisotopic (exact) mass is 392 g/mol. The van der Waals surface area contributed by atoms with E-state index in [1.54, 1.807) is 24.3 Å². The van der Waals surface area contributed by atoms with E-state index in [1.165, 1.54) is 12.8 Å². The molecule has 0 bridgehead atoms. The molecule has 2 N–H and O–H groups in total. The molecule has 0 unspecified atom stereocenters. The Morgan fingerprint density at radius 3 is 2.55 bits per heavy atom. The molecule has 0 aromatic heterocycles. The van der Waals surface area contributed by atoms with E-state index < -0.39 is 12.0 Å². The maximum Gasteiger partial charge on any atom is 0.330 e. The Labute approximate surface area is 172 Å². The zero-order valence-electron chi connectivity index (χ0n) is 17.1. The lowest BCUT2D eigenvalue weighted by atomic mass is 9.95. The first kappa shape index (κ1) is 20.7. The average Bonchev–Trinajstić information content (AvgIpc) is 3.55. The minimum absolute atomic E-state index is 0.536. The third-order valence-corrected chi connectivity index (χ3v) is 5.23. The first-order valence-corrected chi connectivity index (χ1v) is 10.3. The Balaban J connectivity index is 2.00. The molecule has 1 aliphatic rings. The summed E-state index contributed by atoms with van der Waals surface area (Å²) in [6, 6.07) is 12.1. The number of anilines is 1. The van der Waals surface area contributed by atoms with E-state index in [9.17, 15) is 9.90 Å². The van der Waals surface area contributed by atoms with Crippen molar-refractivity contribution in [3.63, 3.8) is 0 Å². The molecule has 0 saturated heterocycles. The van der Waals surface area contributed by atoms with Crippen molar-refractivity contribution in [2.75, 3.05) is 11.9 Å². The number of ether oxygens (including phenoxy) is 1. The number of hydrogen-bond acceptors (Lipinski definition) is 4. The molecular formula is C24H28N2O3. The predicted octanol–water partition coefficient (Wildman–Crippen LogP) is 5.10.